The summed E-state index contributed by atoms with van der Waals surface area (Å²) < 4.78 is 11.3. The van der Waals surface area contributed by atoms with Crippen LogP contribution in [0.4, 0.5) is 10.5 Å². The predicted molar refractivity (Wildman–Crippen MR) is 117 cm³/mol. The molecule has 1 fully saturated rings. The molecule has 0 aliphatic carbocycles. The number of rotatable bonds is 4. The molecule has 0 saturated carbocycles. The zero-order chi connectivity index (χ0) is 20.7. The van der Waals surface area contributed by atoms with E-state index in [2.05, 4.69) is 11.1 Å². The Balaban J connectivity index is 1.27. The molecule has 5 rings (SSSR count). The zero-order valence-corrected chi connectivity index (χ0v) is 17.6. The van der Waals surface area contributed by atoms with Gasteiger partial charge in [0.2, 0.25) is 0 Å². The summed E-state index contributed by atoms with van der Waals surface area (Å²) in [5, 5.41) is 1.34. The number of hydrogen-bond acceptors (Lipinski definition) is 7. The van der Waals surface area contributed by atoms with Crippen LogP contribution < -0.4 is 0 Å². The van der Waals surface area contributed by atoms with Gasteiger partial charge in [0, 0.05) is 12.5 Å². The summed E-state index contributed by atoms with van der Waals surface area (Å²) >= 11 is 2.37. The molecule has 0 atom stereocenters. The normalized spacial score (nSPS) is 17.2. The van der Waals surface area contributed by atoms with Crippen molar-refractivity contribution >= 4 is 51.5 Å². The first-order valence-electron chi connectivity index (χ1n) is 9.29. The van der Waals surface area contributed by atoms with Gasteiger partial charge in [0.05, 0.1) is 22.2 Å². The molecule has 150 valence electrons. The van der Waals surface area contributed by atoms with Gasteiger partial charge in [-0.3, -0.25) is 14.5 Å². The predicted octanol–water partition coefficient (Wildman–Crippen LogP) is 5.80. The maximum Gasteiger partial charge on any atom is 0.293 e. The number of carbonyl (C=O) groups excluding carboxylic acids is 2. The Labute approximate surface area is 181 Å². The summed E-state index contributed by atoms with van der Waals surface area (Å²) in [5.74, 6) is 1.49. The number of imide groups is 1. The summed E-state index contributed by atoms with van der Waals surface area (Å²) in [7, 11) is 0. The summed E-state index contributed by atoms with van der Waals surface area (Å²) in [6.45, 7) is 1.94. The number of aliphatic imine (C=N–C) groups is 1. The van der Waals surface area contributed by atoms with Crippen molar-refractivity contribution in [3.63, 3.8) is 0 Å². The summed E-state index contributed by atoms with van der Waals surface area (Å²) in [6.07, 6.45) is 2.38. The van der Waals surface area contributed by atoms with Crippen LogP contribution in [0.3, 0.4) is 0 Å². The van der Waals surface area contributed by atoms with Crippen molar-refractivity contribution < 1.29 is 18.4 Å². The standard InChI is InChI=1S/C22H16N2O4S2/c1-13-6-7-16(27-13)12-24-21(25)18(29-22(24)26)11-15-8-9-20(28-15)30-19-10-14-4-2-3-5-17(14)23-19/h2-9,11H,10,12H2,1H3. The van der Waals surface area contributed by atoms with Crippen molar-refractivity contribution in [2.45, 2.75) is 25.0 Å². The van der Waals surface area contributed by atoms with E-state index in [1.54, 1.807) is 24.3 Å². The molecule has 0 spiro atoms. The highest BCUT2D eigenvalue weighted by molar-refractivity contribution is 8.18. The van der Waals surface area contributed by atoms with Gasteiger partial charge in [-0.2, -0.15) is 0 Å². The molecular weight excluding hydrogens is 420 g/mol. The highest BCUT2D eigenvalue weighted by atomic mass is 32.2. The van der Waals surface area contributed by atoms with E-state index in [0.29, 0.717) is 21.5 Å². The lowest BCUT2D eigenvalue weighted by Crippen LogP contribution is -2.27. The van der Waals surface area contributed by atoms with Crippen LogP contribution in [0, 0.1) is 6.92 Å². The summed E-state index contributed by atoms with van der Waals surface area (Å²) in [6, 6.07) is 15.2. The molecule has 1 aromatic carbocycles. The molecular formula is C22H16N2O4S2. The second-order valence-electron chi connectivity index (χ2n) is 6.85. The second kappa shape index (κ2) is 7.70. The van der Waals surface area contributed by atoms with Crippen molar-refractivity contribution in [2.75, 3.05) is 0 Å². The molecule has 4 heterocycles. The first kappa shape index (κ1) is 19.0. The van der Waals surface area contributed by atoms with Crippen molar-refractivity contribution in [3.05, 3.63) is 76.3 Å². The molecule has 0 bridgehead atoms. The Kier molecular flexibility index (Phi) is 4.88. The SMILES string of the molecule is Cc1ccc(CN2C(=O)SC(=Cc3ccc(SC4=Nc5ccccc5C4)o3)C2=O)o1. The first-order valence-corrected chi connectivity index (χ1v) is 10.9. The van der Waals surface area contributed by atoms with Gasteiger partial charge in [-0.25, -0.2) is 4.99 Å². The average molecular weight is 437 g/mol. The van der Waals surface area contributed by atoms with Gasteiger partial charge in [-0.15, -0.1) is 0 Å². The fraction of sp³-hybridized carbons (Fsp3) is 0.136. The maximum atomic E-state index is 12.7. The van der Waals surface area contributed by atoms with Crippen molar-refractivity contribution in [2.24, 2.45) is 4.99 Å². The van der Waals surface area contributed by atoms with Crippen molar-refractivity contribution in [1.29, 1.82) is 0 Å². The van der Waals surface area contributed by atoms with E-state index in [4.69, 9.17) is 8.83 Å². The number of fused-ring (bicyclic) bond motifs is 1. The van der Waals surface area contributed by atoms with Crippen LogP contribution in [0.25, 0.3) is 6.08 Å². The number of furan rings is 2. The topological polar surface area (TPSA) is 76.0 Å². The van der Waals surface area contributed by atoms with E-state index in [1.807, 2.05) is 31.2 Å². The molecule has 8 heteroatoms. The Morgan fingerprint density at radius 1 is 1.13 bits per heavy atom. The molecule has 2 aromatic heterocycles. The van der Waals surface area contributed by atoms with E-state index >= 15 is 0 Å². The number of para-hydroxylation sites is 1. The van der Waals surface area contributed by atoms with Crippen LogP contribution >= 0.6 is 23.5 Å². The molecule has 0 N–H and O–H groups in total. The van der Waals surface area contributed by atoms with Crippen LogP contribution in [-0.4, -0.2) is 21.1 Å². The fourth-order valence-electron chi connectivity index (χ4n) is 3.24. The van der Waals surface area contributed by atoms with Gasteiger partial charge < -0.3 is 8.83 Å². The summed E-state index contributed by atoms with van der Waals surface area (Å²) in [4.78, 5) is 31.1. The van der Waals surface area contributed by atoms with Crippen LogP contribution in [0.1, 0.15) is 22.8 Å². The Hall–Kier alpha value is -2.97. The molecule has 30 heavy (non-hydrogen) atoms. The molecule has 2 amide bonds. The maximum absolute atomic E-state index is 12.7. The van der Waals surface area contributed by atoms with Crippen molar-refractivity contribution in [3.8, 4) is 0 Å². The van der Waals surface area contributed by atoms with Gasteiger partial charge >= 0.3 is 0 Å². The van der Waals surface area contributed by atoms with E-state index in [0.717, 1.165) is 34.7 Å². The molecule has 0 unspecified atom stereocenters. The fourth-order valence-corrected chi connectivity index (χ4v) is 4.94. The Morgan fingerprint density at radius 2 is 2.00 bits per heavy atom. The molecule has 3 aromatic rings. The lowest BCUT2D eigenvalue weighted by molar-refractivity contribution is -0.123. The largest absolute Gasteiger partial charge is 0.464 e. The third-order valence-corrected chi connectivity index (χ3v) is 6.46. The minimum atomic E-state index is -0.347. The quantitative estimate of drug-likeness (QED) is 0.482. The number of nitrogens with zero attached hydrogens (tertiary/aromatic N) is 2. The van der Waals surface area contributed by atoms with Gasteiger partial charge in [-0.05, 0) is 66.3 Å². The number of aryl methyl sites for hydroxylation is 1. The number of amides is 2. The monoisotopic (exact) mass is 436 g/mol. The first-order chi connectivity index (χ1) is 14.5. The average Bonchev–Trinajstić information content (AvgIpc) is 3.48. The summed E-state index contributed by atoms with van der Waals surface area (Å²) in [5.41, 5.74) is 2.19. The molecule has 2 aliphatic rings. The van der Waals surface area contributed by atoms with Crippen LogP contribution in [0.5, 0.6) is 0 Å². The van der Waals surface area contributed by atoms with E-state index in [-0.39, 0.29) is 17.7 Å². The highest BCUT2D eigenvalue weighted by Crippen LogP contribution is 2.36. The van der Waals surface area contributed by atoms with E-state index in [9.17, 15) is 9.59 Å². The lowest BCUT2D eigenvalue weighted by atomic mass is 10.2. The molecule has 1 saturated heterocycles. The van der Waals surface area contributed by atoms with Gasteiger partial charge in [0.25, 0.3) is 11.1 Å². The Morgan fingerprint density at radius 3 is 2.80 bits per heavy atom. The molecule has 2 aliphatic heterocycles. The Bertz CT molecular complexity index is 1220. The van der Waals surface area contributed by atoms with E-state index < -0.39 is 0 Å². The van der Waals surface area contributed by atoms with Gasteiger partial charge in [0.1, 0.15) is 17.3 Å². The minimum Gasteiger partial charge on any atom is -0.464 e. The van der Waals surface area contributed by atoms with Crippen LogP contribution in [-0.2, 0) is 17.8 Å². The van der Waals surface area contributed by atoms with Gasteiger partial charge in [-0.1, -0.05) is 18.2 Å². The third kappa shape index (κ3) is 3.76. The van der Waals surface area contributed by atoms with Crippen LogP contribution in [0.15, 0.2) is 72.4 Å². The van der Waals surface area contributed by atoms with Crippen molar-refractivity contribution in [1.82, 2.24) is 4.90 Å². The number of carbonyl (C=O) groups is 2. The smallest absolute Gasteiger partial charge is 0.293 e. The highest BCUT2D eigenvalue weighted by Gasteiger charge is 2.35. The third-order valence-electron chi connectivity index (χ3n) is 4.66. The minimum absolute atomic E-state index is 0.121. The van der Waals surface area contributed by atoms with Crippen LogP contribution in [0.2, 0.25) is 0 Å². The lowest BCUT2D eigenvalue weighted by Gasteiger charge is -2.09. The molecule has 6 nitrogen and oxygen atoms in total. The molecule has 0 radical (unpaired) electrons. The zero-order valence-electron chi connectivity index (χ0n) is 16.0. The second-order valence-corrected chi connectivity index (χ2v) is 8.92. The number of benzene rings is 1. The van der Waals surface area contributed by atoms with E-state index in [1.165, 1.54) is 22.2 Å². The number of hydrogen-bond donors (Lipinski definition) is 0. The van der Waals surface area contributed by atoms with Gasteiger partial charge in [0.15, 0.2) is 5.09 Å². The number of thioether (sulfide) groups is 2.